The number of methoxy groups -OCH3 is 1. The van der Waals surface area contributed by atoms with Crippen molar-refractivity contribution in [2.24, 2.45) is 0 Å². The van der Waals surface area contributed by atoms with Crippen LogP contribution in [-0.4, -0.2) is 34.1 Å². The second-order valence-corrected chi connectivity index (χ2v) is 5.04. The lowest BCUT2D eigenvalue weighted by Gasteiger charge is -1.98. The molecule has 7 heteroatoms. The fourth-order valence-corrected chi connectivity index (χ4v) is 2.24. The standard InChI is InChI=1S/C13H14N2O4S/c1-18-10-4-2-9(3-5-10)13-14-11(19-15-13)8-20-7-6-12(16)17/h2-5H,6-8H2,1H3,(H,16,17). The molecule has 20 heavy (non-hydrogen) atoms. The van der Waals surface area contributed by atoms with Crippen molar-refractivity contribution in [2.45, 2.75) is 12.2 Å². The van der Waals surface area contributed by atoms with Gasteiger partial charge in [-0.05, 0) is 24.3 Å². The van der Waals surface area contributed by atoms with E-state index in [-0.39, 0.29) is 6.42 Å². The predicted molar refractivity (Wildman–Crippen MR) is 74.7 cm³/mol. The molecule has 106 valence electrons. The van der Waals surface area contributed by atoms with Gasteiger partial charge < -0.3 is 14.4 Å². The number of carbonyl (C=O) groups is 1. The molecule has 0 saturated carbocycles. The number of hydrogen-bond acceptors (Lipinski definition) is 6. The molecule has 6 nitrogen and oxygen atoms in total. The molecule has 0 amide bonds. The van der Waals surface area contributed by atoms with E-state index in [0.717, 1.165) is 11.3 Å². The third-order valence-electron chi connectivity index (χ3n) is 2.50. The number of benzene rings is 1. The van der Waals surface area contributed by atoms with E-state index in [1.165, 1.54) is 11.8 Å². The molecule has 1 N–H and O–H groups in total. The number of rotatable bonds is 7. The molecule has 0 aliphatic carbocycles. The molecule has 0 spiro atoms. The lowest BCUT2D eigenvalue weighted by atomic mass is 10.2. The lowest BCUT2D eigenvalue weighted by Crippen LogP contribution is -1.96. The number of ether oxygens (including phenoxy) is 1. The Morgan fingerprint density at radius 1 is 1.40 bits per heavy atom. The molecular formula is C13H14N2O4S. The van der Waals surface area contributed by atoms with Crippen LogP contribution < -0.4 is 4.74 Å². The van der Waals surface area contributed by atoms with Crippen LogP contribution in [0.2, 0.25) is 0 Å². The molecule has 1 heterocycles. The fraction of sp³-hybridized carbons (Fsp3) is 0.308. The number of carboxylic acid groups (broad SMARTS) is 1. The van der Waals surface area contributed by atoms with Gasteiger partial charge in [0.25, 0.3) is 0 Å². The second kappa shape index (κ2) is 6.95. The highest BCUT2D eigenvalue weighted by Crippen LogP contribution is 2.21. The molecule has 2 aromatic rings. The SMILES string of the molecule is COc1ccc(-c2noc(CSCCC(=O)O)n2)cc1. The topological polar surface area (TPSA) is 85.5 Å². The average Bonchev–Trinajstić information content (AvgIpc) is 2.92. The minimum atomic E-state index is -0.804. The van der Waals surface area contributed by atoms with Gasteiger partial charge in [-0.15, -0.1) is 0 Å². The molecule has 0 radical (unpaired) electrons. The molecule has 0 bridgehead atoms. The van der Waals surface area contributed by atoms with Crippen molar-refractivity contribution in [1.29, 1.82) is 0 Å². The zero-order chi connectivity index (χ0) is 14.4. The van der Waals surface area contributed by atoms with Crippen LogP contribution in [0.3, 0.4) is 0 Å². The van der Waals surface area contributed by atoms with E-state index in [1.54, 1.807) is 7.11 Å². The number of carboxylic acids is 1. The van der Waals surface area contributed by atoms with Crippen LogP contribution >= 0.6 is 11.8 Å². The van der Waals surface area contributed by atoms with Crippen LogP contribution in [0.1, 0.15) is 12.3 Å². The maximum absolute atomic E-state index is 10.4. The molecule has 0 atom stereocenters. The number of nitrogens with zero attached hydrogens (tertiary/aromatic N) is 2. The van der Waals surface area contributed by atoms with Crippen LogP contribution in [0, 0.1) is 0 Å². The Hall–Kier alpha value is -2.02. The Morgan fingerprint density at radius 2 is 2.15 bits per heavy atom. The summed E-state index contributed by atoms with van der Waals surface area (Å²) in [5, 5.41) is 12.4. The van der Waals surface area contributed by atoms with E-state index in [9.17, 15) is 4.79 Å². The monoisotopic (exact) mass is 294 g/mol. The van der Waals surface area contributed by atoms with Gasteiger partial charge in [-0.2, -0.15) is 16.7 Å². The summed E-state index contributed by atoms with van der Waals surface area (Å²) in [6.07, 6.45) is 0.129. The average molecular weight is 294 g/mol. The molecule has 2 rings (SSSR count). The van der Waals surface area contributed by atoms with Crippen molar-refractivity contribution >= 4 is 17.7 Å². The molecule has 0 aliphatic heterocycles. The second-order valence-electron chi connectivity index (χ2n) is 3.94. The fourth-order valence-electron chi connectivity index (χ4n) is 1.49. The molecule has 0 saturated heterocycles. The van der Waals surface area contributed by atoms with Crippen LogP contribution in [-0.2, 0) is 10.5 Å². The summed E-state index contributed by atoms with van der Waals surface area (Å²) >= 11 is 1.45. The van der Waals surface area contributed by atoms with Gasteiger partial charge >= 0.3 is 5.97 Å². The first-order valence-corrected chi connectivity index (χ1v) is 7.11. The minimum Gasteiger partial charge on any atom is -0.497 e. The highest BCUT2D eigenvalue weighted by molar-refractivity contribution is 7.98. The van der Waals surface area contributed by atoms with Crippen molar-refractivity contribution < 1.29 is 19.2 Å². The predicted octanol–water partition coefficient (Wildman–Crippen LogP) is 2.45. The summed E-state index contributed by atoms with van der Waals surface area (Å²) in [5.41, 5.74) is 0.844. The summed E-state index contributed by atoms with van der Waals surface area (Å²) in [4.78, 5) is 14.6. The highest BCUT2D eigenvalue weighted by Gasteiger charge is 2.09. The van der Waals surface area contributed by atoms with Gasteiger partial charge in [0.2, 0.25) is 11.7 Å². The third kappa shape index (κ3) is 3.99. The van der Waals surface area contributed by atoms with Crippen molar-refractivity contribution in [2.75, 3.05) is 12.9 Å². The van der Waals surface area contributed by atoms with Gasteiger partial charge in [0.05, 0.1) is 19.3 Å². The third-order valence-corrected chi connectivity index (χ3v) is 3.45. The maximum atomic E-state index is 10.4. The van der Waals surface area contributed by atoms with Gasteiger partial charge in [0.15, 0.2) is 0 Å². The van der Waals surface area contributed by atoms with Crippen LogP contribution in [0.4, 0.5) is 0 Å². The minimum absolute atomic E-state index is 0.129. The first-order chi connectivity index (χ1) is 9.69. The molecule has 0 unspecified atom stereocenters. The van der Waals surface area contributed by atoms with E-state index < -0.39 is 5.97 Å². The van der Waals surface area contributed by atoms with E-state index in [4.69, 9.17) is 14.4 Å². The van der Waals surface area contributed by atoms with E-state index >= 15 is 0 Å². The van der Waals surface area contributed by atoms with Gasteiger partial charge in [0.1, 0.15) is 5.75 Å². The van der Waals surface area contributed by atoms with E-state index in [1.807, 2.05) is 24.3 Å². The number of hydrogen-bond donors (Lipinski definition) is 1. The van der Waals surface area contributed by atoms with Crippen molar-refractivity contribution in [3.05, 3.63) is 30.2 Å². The Morgan fingerprint density at radius 3 is 2.80 bits per heavy atom. The number of aromatic nitrogens is 2. The zero-order valence-electron chi connectivity index (χ0n) is 10.9. The molecule has 0 aliphatic rings. The summed E-state index contributed by atoms with van der Waals surface area (Å²) in [5.74, 6) is 2.00. The Kier molecular flexibility index (Phi) is 5.00. The van der Waals surface area contributed by atoms with Crippen LogP contribution in [0.15, 0.2) is 28.8 Å². The zero-order valence-corrected chi connectivity index (χ0v) is 11.7. The molecule has 1 aromatic heterocycles. The van der Waals surface area contributed by atoms with Crippen LogP contribution in [0.25, 0.3) is 11.4 Å². The quantitative estimate of drug-likeness (QED) is 0.785. The molecular weight excluding hydrogens is 280 g/mol. The maximum Gasteiger partial charge on any atom is 0.304 e. The Balaban J connectivity index is 1.92. The van der Waals surface area contributed by atoms with Crippen molar-refractivity contribution in [3.8, 4) is 17.1 Å². The summed E-state index contributed by atoms with van der Waals surface area (Å²) in [6.45, 7) is 0. The Bertz CT molecular complexity index is 568. The summed E-state index contributed by atoms with van der Waals surface area (Å²) in [7, 11) is 1.61. The Labute approximate surface area is 120 Å². The van der Waals surface area contributed by atoms with Gasteiger partial charge in [-0.1, -0.05) is 5.16 Å². The molecule has 1 aromatic carbocycles. The van der Waals surface area contributed by atoms with E-state index in [2.05, 4.69) is 10.1 Å². The van der Waals surface area contributed by atoms with Gasteiger partial charge in [0, 0.05) is 11.3 Å². The summed E-state index contributed by atoms with van der Waals surface area (Å²) < 4.78 is 10.2. The lowest BCUT2D eigenvalue weighted by molar-refractivity contribution is -0.136. The smallest absolute Gasteiger partial charge is 0.304 e. The normalized spacial score (nSPS) is 10.4. The van der Waals surface area contributed by atoms with Crippen molar-refractivity contribution in [1.82, 2.24) is 10.1 Å². The number of thioether (sulfide) groups is 1. The van der Waals surface area contributed by atoms with Crippen LogP contribution in [0.5, 0.6) is 5.75 Å². The first-order valence-electron chi connectivity index (χ1n) is 5.95. The number of aliphatic carboxylic acids is 1. The highest BCUT2D eigenvalue weighted by atomic mass is 32.2. The van der Waals surface area contributed by atoms with E-state index in [0.29, 0.717) is 23.2 Å². The van der Waals surface area contributed by atoms with Gasteiger partial charge in [-0.25, -0.2) is 0 Å². The van der Waals surface area contributed by atoms with Crippen molar-refractivity contribution in [3.63, 3.8) is 0 Å². The largest absolute Gasteiger partial charge is 0.497 e. The molecule has 0 fully saturated rings. The first kappa shape index (κ1) is 14.4. The van der Waals surface area contributed by atoms with Gasteiger partial charge in [-0.3, -0.25) is 4.79 Å². The summed E-state index contributed by atoms with van der Waals surface area (Å²) in [6, 6.07) is 7.36.